The molecule has 0 aliphatic heterocycles. The first kappa shape index (κ1) is 16.6. The number of benzene rings is 1. The number of carbonyl (C=O) groups excluding carboxylic acids is 1. The van der Waals surface area contributed by atoms with Crippen molar-refractivity contribution in [1.29, 1.82) is 0 Å². The molecule has 0 spiro atoms. The Kier molecular flexibility index (Phi) is 5.28. The van der Waals surface area contributed by atoms with Gasteiger partial charge in [-0.05, 0) is 30.5 Å². The maximum absolute atomic E-state index is 12.1. The number of hydrogen-bond acceptors (Lipinski definition) is 3. The molecule has 7 heteroatoms. The number of hydrogen-bond donors (Lipinski definition) is 2. The summed E-state index contributed by atoms with van der Waals surface area (Å²) in [5.41, 5.74) is 0.436. The van der Waals surface area contributed by atoms with Crippen molar-refractivity contribution in [2.75, 3.05) is 6.54 Å². The van der Waals surface area contributed by atoms with Crippen molar-refractivity contribution in [3.63, 3.8) is 0 Å². The quantitative estimate of drug-likeness (QED) is 0.877. The zero-order chi connectivity index (χ0) is 16.2. The topological polar surface area (TPSA) is 58.6 Å². The number of halogens is 3. The predicted octanol–water partition coefficient (Wildman–Crippen LogP) is 2.40. The smallest absolute Gasteiger partial charge is 0.406 e. The Balaban J connectivity index is 1.84. The molecule has 1 aliphatic carbocycles. The van der Waals surface area contributed by atoms with Crippen molar-refractivity contribution in [2.24, 2.45) is 5.92 Å². The number of carbonyl (C=O) groups is 1. The van der Waals surface area contributed by atoms with Gasteiger partial charge in [0.15, 0.2) is 0 Å². The maximum Gasteiger partial charge on any atom is 0.573 e. The lowest BCUT2D eigenvalue weighted by Gasteiger charge is -2.15. The van der Waals surface area contributed by atoms with Gasteiger partial charge in [0.05, 0.1) is 12.5 Å². The van der Waals surface area contributed by atoms with Gasteiger partial charge in [-0.3, -0.25) is 4.79 Å². The SMILES string of the molecule is O=C(Cc1cccc(OC(F)(F)F)c1)NCC1CCCC1O. The van der Waals surface area contributed by atoms with Gasteiger partial charge in [-0.1, -0.05) is 18.6 Å². The second kappa shape index (κ2) is 7.00. The minimum Gasteiger partial charge on any atom is -0.406 e. The Bertz CT molecular complexity index is 519. The second-order valence-corrected chi connectivity index (χ2v) is 5.43. The summed E-state index contributed by atoms with van der Waals surface area (Å²) in [6, 6.07) is 5.35. The van der Waals surface area contributed by atoms with E-state index in [1.54, 1.807) is 6.07 Å². The number of amides is 1. The van der Waals surface area contributed by atoms with Gasteiger partial charge in [0.25, 0.3) is 0 Å². The Morgan fingerprint density at radius 1 is 1.36 bits per heavy atom. The van der Waals surface area contributed by atoms with Gasteiger partial charge in [0.2, 0.25) is 5.91 Å². The van der Waals surface area contributed by atoms with Gasteiger partial charge in [-0.2, -0.15) is 0 Å². The Hall–Kier alpha value is -1.76. The van der Waals surface area contributed by atoms with Gasteiger partial charge >= 0.3 is 6.36 Å². The van der Waals surface area contributed by atoms with Crippen molar-refractivity contribution >= 4 is 5.91 Å². The molecular weight excluding hydrogens is 299 g/mol. The average molecular weight is 317 g/mol. The molecule has 0 saturated heterocycles. The monoisotopic (exact) mass is 317 g/mol. The molecule has 0 radical (unpaired) electrons. The highest BCUT2D eigenvalue weighted by Gasteiger charge is 2.31. The third-order valence-electron chi connectivity index (χ3n) is 3.68. The van der Waals surface area contributed by atoms with Crippen LogP contribution in [-0.4, -0.2) is 30.0 Å². The van der Waals surface area contributed by atoms with E-state index in [1.165, 1.54) is 18.2 Å². The molecule has 0 bridgehead atoms. The van der Waals surface area contributed by atoms with Crippen LogP contribution in [0.3, 0.4) is 0 Å². The summed E-state index contributed by atoms with van der Waals surface area (Å²) >= 11 is 0. The van der Waals surface area contributed by atoms with Crippen LogP contribution in [0.1, 0.15) is 24.8 Å². The highest BCUT2D eigenvalue weighted by Crippen LogP contribution is 2.25. The normalized spacial score (nSPS) is 21.6. The van der Waals surface area contributed by atoms with E-state index in [2.05, 4.69) is 10.1 Å². The fourth-order valence-corrected chi connectivity index (χ4v) is 2.60. The summed E-state index contributed by atoms with van der Waals surface area (Å²) in [5.74, 6) is -0.573. The van der Waals surface area contributed by atoms with Crippen LogP contribution in [0, 0.1) is 5.92 Å². The van der Waals surface area contributed by atoms with E-state index in [0.29, 0.717) is 12.1 Å². The summed E-state index contributed by atoms with van der Waals surface area (Å²) in [7, 11) is 0. The first-order valence-corrected chi connectivity index (χ1v) is 7.13. The predicted molar refractivity (Wildman–Crippen MR) is 73.2 cm³/mol. The van der Waals surface area contributed by atoms with Crippen molar-refractivity contribution in [1.82, 2.24) is 5.32 Å². The van der Waals surface area contributed by atoms with E-state index in [9.17, 15) is 23.1 Å². The van der Waals surface area contributed by atoms with Crippen molar-refractivity contribution in [2.45, 2.75) is 38.1 Å². The molecule has 22 heavy (non-hydrogen) atoms. The number of rotatable bonds is 5. The lowest BCUT2D eigenvalue weighted by molar-refractivity contribution is -0.274. The van der Waals surface area contributed by atoms with E-state index in [4.69, 9.17) is 0 Å². The molecule has 2 N–H and O–H groups in total. The standard InChI is InChI=1S/C15H18F3NO3/c16-15(17,18)22-12-5-1-3-10(7-12)8-14(21)19-9-11-4-2-6-13(11)20/h1,3,5,7,11,13,20H,2,4,6,8-9H2,(H,19,21). The minimum atomic E-state index is -4.75. The third-order valence-corrected chi connectivity index (χ3v) is 3.68. The van der Waals surface area contributed by atoms with E-state index >= 15 is 0 Å². The highest BCUT2D eigenvalue weighted by molar-refractivity contribution is 5.78. The molecular formula is C15H18F3NO3. The molecule has 4 nitrogen and oxygen atoms in total. The van der Waals surface area contributed by atoms with Crippen LogP contribution in [0.15, 0.2) is 24.3 Å². The first-order chi connectivity index (χ1) is 10.3. The molecule has 1 aromatic carbocycles. The van der Waals surface area contributed by atoms with E-state index in [1.807, 2.05) is 0 Å². The second-order valence-electron chi connectivity index (χ2n) is 5.43. The van der Waals surface area contributed by atoms with Gasteiger partial charge < -0.3 is 15.2 Å². The number of ether oxygens (including phenoxy) is 1. The van der Waals surface area contributed by atoms with Gasteiger partial charge in [-0.15, -0.1) is 13.2 Å². The molecule has 2 atom stereocenters. The van der Waals surface area contributed by atoms with E-state index in [0.717, 1.165) is 19.3 Å². The van der Waals surface area contributed by atoms with Gasteiger partial charge in [-0.25, -0.2) is 0 Å². The fraction of sp³-hybridized carbons (Fsp3) is 0.533. The Morgan fingerprint density at radius 2 is 2.14 bits per heavy atom. The summed E-state index contributed by atoms with van der Waals surface area (Å²) < 4.78 is 40.2. The molecule has 2 rings (SSSR count). The Labute approximate surface area is 126 Å². The zero-order valence-electron chi connectivity index (χ0n) is 11.9. The lowest BCUT2D eigenvalue weighted by Crippen LogP contribution is -2.33. The zero-order valence-corrected chi connectivity index (χ0v) is 11.9. The van der Waals surface area contributed by atoms with Crippen molar-refractivity contribution < 1.29 is 27.8 Å². The Morgan fingerprint density at radius 3 is 2.77 bits per heavy atom. The summed E-state index contributed by atoms with van der Waals surface area (Å²) in [6.07, 6.45) is -2.60. The summed E-state index contributed by atoms with van der Waals surface area (Å²) in [6.45, 7) is 0.388. The molecule has 1 aromatic rings. The third kappa shape index (κ3) is 5.22. The molecule has 0 aromatic heterocycles. The van der Waals surface area contributed by atoms with Crippen LogP contribution in [0.4, 0.5) is 13.2 Å². The van der Waals surface area contributed by atoms with Crippen LogP contribution >= 0.6 is 0 Å². The average Bonchev–Trinajstić information content (AvgIpc) is 2.80. The number of alkyl halides is 3. The van der Waals surface area contributed by atoms with Crippen LogP contribution in [0.5, 0.6) is 5.75 Å². The molecule has 1 saturated carbocycles. The van der Waals surface area contributed by atoms with Crippen molar-refractivity contribution in [3.8, 4) is 5.75 Å². The minimum absolute atomic E-state index is 0.0299. The number of aliphatic hydroxyl groups excluding tert-OH is 1. The molecule has 1 amide bonds. The molecule has 1 fully saturated rings. The highest BCUT2D eigenvalue weighted by atomic mass is 19.4. The lowest BCUT2D eigenvalue weighted by atomic mass is 10.1. The number of nitrogens with one attached hydrogen (secondary N) is 1. The van der Waals surface area contributed by atoms with Crippen LogP contribution in [0.25, 0.3) is 0 Å². The molecule has 1 aliphatic rings. The van der Waals surface area contributed by atoms with Gasteiger partial charge in [0, 0.05) is 12.5 Å². The van der Waals surface area contributed by atoms with Gasteiger partial charge in [0.1, 0.15) is 5.75 Å². The van der Waals surface area contributed by atoms with E-state index < -0.39 is 6.36 Å². The maximum atomic E-state index is 12.1. The number of aliphatic hydroxyl groups is 1. The largest absolute Gasteiger partial charge is 0.573 e. The molecule has 122 valence electrons. The van der Waals surface area contributed by atoms with Crippen LogP contribution in [0.2, 0.25) is 0 Å². The van der Waals surface area contributed by atoms with Crippen LogP contribution in [-0.2, 0) is 11.2 Å². The van der Waals surface area contributed by atoms with E-state index in [-0.39, 0.29) is 30.1 Å². The molecule has 2 unspecified atom stereocenters. The summed E-state index contributed by atoms with van der Waals surface area (Å²) in [4.78, 5) is 11.8. The molecule has 0 heterocycles. The summed E-state index contributed by atoms with van der Waals surface area (Å²) in [5, 5.41) is 12.4. The van der Waals surface area contributed by atoms with Crippen molar-refractivity contribution in [3.05, 3.63) is 29.8 Å². The fourth-order valence-electron chi connectivity index (χ4n) is 2.60. The first-order valence-electron chi connectivity index (χ1n) is 7.13. The van der Waals surface area contributed by atoms with Crippen LogP contribution < -0.4 is 10.1 Å².